The predicted octanol–water partition coefficient (Wildman–Crippen LogP) is 9.86. The van der Waals surface area contributed by atoms with E-state index in [1.54, 1.807) is 6.92 Å². The quantitative estimate of drug-likeness (QED) is 0.418. The van der Waals surface area contributed by atoms with Gasteiger partial charge in [-0.1, -0.05) is 106 Å². The van der Waals surface area contributed by atoms with Gasteiger partial charge in [-0.3, -0.25) is 0 Å². The number of allylic oxidation sites excluding steroid dienone is 7. The molecule has 0 aliphatic rings. The van der Waals surface area contributed by atoms with Crippen molar-refractivity contribution >= 4 is 11.6 Å². The summed E-state index contributed by atoms with van der Waals surface area (Å²) < 4.78 is 0. The maximum atomic E-state index is 7.88. The Morgan fingerprint density at radius 3 is 1.75 bits per heavy atom. The van der Waals surface area contributed by atoms with Crippen LogP contribution >= 0.6 is 11.6 Å². The van der Waals surface area contributed by atoms with E-state index in [1.807, 2.05) is 27.7 Å². The molecular weight excluding hydrogens is 412 g/mol. The van der Waals surface area contributed by atoms with Crippen molar-refractivity contribution < 1.29 is 5.11 Å². The summed E-state index contributed by atoms with van der Waals surface area (Å²) >= 11 is 5.08. The van der Waals surface area contributed by atoms with Gasteiger partial charge >= 0.3 is 0 Å². The SMILES string of the molecule is C=C(C)C(=C/C(C)=C\C)C(=C)C.C=C(C)Cl.CCCO.CCc1cccc(C(C)C)c1C. The van der Waals surface area contributed by atoms with Crippen molar-refractivity contribution in [3.8, 4) is 0 Å². The molecule has 1 nitrogen and oxygen atoms in total. The second-order valence-corrected chi connectivity index (χ2v) is 8.84. The predicted molar refractivity (Wildman–Crippen MR) is 150 cm³/mol. The van der Waals surface area contributed by atoms with Crippen molar-refractivity contribution in [1.29, 1.82) is 0 Å². The average molecular weight is 461 g/mol. The molecule has 1 N–H and O–H groups in total. The van der Waals surface area contributed by atoms with Crippen molar-refractivity contribution in [1.82, 2.24) is 0 Å². The summed E-state index contributed by atoms with van der Waals surface area (Å²) in [6.45, 7) is 32.2. The van der Waals surface area contributed by atoms with Gasteiger partial charge in [-0.05, 0) is 82.6 Å². The summed E-state index contributed by atoms with van der Waals surface area (Å²) in [6, 6.07) is 6.63. The molecule has 0 aliphatic carbocycles. The second-order valence-electron chi connectivity index (χ2n) is 8.19. The van der Waals surface area contributed by atoms with Crippen LogP contribution in [0.3, 0.4) is 0 Å². The van der Waals surface area contributed by atoms with E-state index < -0.39 is 0 Å². The zero-order chi connectivity index (χ0) is 25.9. The van der Waals surface area contributed by atoms with Crippen LogP contribution < -0.4 is 0 Å². The van der Waals surface area contributed by atoms with Gasteiger partial charge < -0.3 is 5.11 Å². The molecule has 0 amide bonds. The molecule has 0 saturated heterocycles. The first-order chi connectivity index (χ1) is 14.8. The van der Waals surface area contributed by atoms with Crippen molar-refractivity contribution in [2.75, 3.05) is 6.61 Å². The Hall–Kier alpha value is -1.83. The van der Waals surface area contributed by atoms with Crippen LogP contribution in [0.25, 0.3) is 0 Å². The largest absolute Gasteiger partial charge is 0.396 e. The Morgan fingerprint density at radius 2 is 1.47 bits per heavy atom. The minimum Gasteiger partial charge on any atom is -0.396 e. The van der Waals surface area contributed by atoms with E-state index in [-0.39, 0.29) is 0 Å². The van der Waals surface area contributed by atoms with Gasteiger partial charge in [0.25, 0.3) is 0 Å². The molecule has 0 spiro atoms. The van der Waals surface area contributed by atoms with Gasteiger partial charge in [-0.2, -0.15) is 0 Å². The van der Waals surface area contributed by atoms with E-state index in [0.29, 0.717) is 17.6 Å². The van der Waals surface area contributed by atoms with E-state index in [2.05, 4.69) is 84.7 Å². The monoisotopic (exact) mass is 460 g/mol. The molecule has 0 unspecified atom stereocenters. The first kappa shape index (κ1) is 34.8. The lowest BCUT2D eigenvalue weighted by Crippen LogP contribution is -1.95. The standard InChI is InChI=1S/2C12H18.C3H5Cl.C3H8O/c1-5-11-7-6-8-12(9(2)3)10(11)4;1-7-11(6)8-12(9(2)3)10(4)5;1-3(2)4;1-2-3-4/h6-9H,5H2,1-4H3;7-8H,2,4H2,1,3,5-6H3;1H2,2H3;4H,2-3H2,1H3/b;11-7-;;. The van der Waals surface area contributed by atoms with E-state index in [4.69, 9.17) is 16.7 Å². The third-order valence-electron chi connectivity index (χ3n) is 4.46. The number of benzene rings is 1. The van der Waals surface area contributed by atoms with Gasteiger partial charge in [-0.25, -0.2) is 0 Å². The molecule has 0 bridgehead atoms. The first-order valence-corrected chi connectivity index (χ1v) is 11.8. The van der Waals surface area contributed by atoms with Gasteiger partial charge in [0.15, 0.2) is 0 Å². The minimum atomic E-state index is 0.319. The summed E-state index contributed by atoms with van der Waals surface area (Å²) in [6.07, 6.45) is 6.21. The van der Waals surface area contributed by atoms with Crippen molar-refractivity contribution in [3.63, 3.8) is 0 Å². The van der Waals surface area contributed by atoms with Gasteiger partial charge in [-0.15, -0.1) is 0 Å². The Morgan fingerprint density at radius 1 is 1.03 bits per heavy atom. The molecule has 1 aromatic carbocycles. The number of rotatable bonds is 6. The summed E-state index contributed by atoms with van der Waals surface area (Å²) in [5.74, 6) is 0.650. The third kappa shape index (κ3) is 18.9. The van der Waals surface area contributed by atoms with Crippen LogP contribution in [0.2, 0.25) is 0 Å². The van der Waals surface area contributed by atoms with Crippen LogP contribution in [0.1, 0.15) is 91.3 Å². The average Bonchev–Trinajstić information content (AvgIpc) is 2.71. The Kier molecular flexibility index (Phi) is 22.9. The van der Waals surface area contributed by atoms with Crippen LogP contribution in [0.15, 0.2) is 77.4 Å². The molecule has 32 heavy (non-hydrogen) atoms. The summed E-state index contributed by atoms with van der Waals surface area (Å²) in [7, 11) is 0. The summed E-state index contributed by atoms with van der Waals surface area (Å²) in [5, 5.41) is 8.51. The molecule has 1 aromatic rings. The highest BCUT2D eigenvalue weighted by Gasteiger charge is 2.04. The maximum absolute atomic E-state index is 7.88. The molecule has 0 saturated carbocycles. The number of hydrogen-bond donors (Lipinski definition) is 1. The van der Waals surface area contributed by atoms with Gasteiger partial charge in [0.2, 0.25) is 0 Å². The lowest BCUT2D eigenvalue weighted by atomic mass is 9.93. The van der Waals surface area contributed by atoms with E-state index in [0.717, 1.165) is 29.6 Å². The van der Waals surface area contributed by atoms with Gasteiger partial charge in [0.1, 0.15) is 0 Å². The Bertz CT molecular complexity index is 726. The minimum absolute atomic E-state index is 0.319. The Labute approximate surface area is 205 Å². The number of hydrogen-bond acceptors (Lipinski definition) is 1. The molecule has 182 valence electrons. The van der Waals surface area contributed by atoms with Gasteiger partial charge in [0, 0.05) is 11.6 Å². The first-order valence-electron chi connectivity index (χ1n) is 11.5. The van der Waals surface area contributed by atoms with Crippen LogP contribution in [0, 0.1) is 6.92 Å². The molecule has 0 aliphatic heterocycles. The summed E-state index contributed by atoms with van der Waals surface area (Å²) in [5.41, 5.74) is 9.01. The molecule has 0 fully saturated rings. The molecule has 2 heteroatoms. The third-order valence-corrected chi connectivity index (χ3v) is 4.46. The molecule has 0 aromatic heterocycles. The summed E-state index contributed by atoms with van der Waals surface area (Å²) in [4.78, 5) is 0. The van der Waals surface area contributed by atoms with Crippen LogP contribution in [-0.4, -0.2) is 11.7 Å². The maximum Gasteiger partial charge on any atom is 0.0428 e. The highest BCUT2D eigenvalue weighted by Crippen LogP contribution is 2.21. The van der Waals surface area contributed by atoms with Crippen LogP contribution in [0.4, 0.5) is 0 Å². The van der Waals surface area contributed by atoms with Gasteiger partial charge in [0.05, 0.1) is 0 Å². The van der Waals surface area contributed by atoms with Crippen LogP contribution in [0.5, 0.6) is 0 Å². The fraction of sp³-hybridized carbons (Fsp3) is 0.467. The Balaban J connectivity index is -0.000000396. The molecule has 0 atom stereocenters. The zero-order valence-corrected chi connectivity index (χ0v) is 23.3. The van der Waals surface area contributed by atoms with E-state index >= 15 is 0 Å². The van der Waals surface area contributed by atoms with Crippen molar-refractivity contribution in [2.24, 2.45) is 0 Å². The molecular formula is C30H49ClO. The second kappa shape index (κ2) is 21.0. The van der Waals surface area contributed by atoms with E-state index in [1.165, 1.54) is 22.3 Å². The lowest BCUT2D eigenvalue weighted by molar-refractivity contribution is 0.295. The fourth-order valence-corrected chi connectivity index (χ4v) is 2.63. The van der Waals surface area contributed by atoms with Crippen molar-refractivity contribution in [3.05, 3.63) is 94.1 Å². The zero-order valence-electron chi connectivity index (χ0n) is 22.5. The van der Waals surface area contributed by atoms with Crippen molar-refractivity contribution in [2.45, 2.75) is 88.0 Å². The normalized spacial score (nSPS) is 9.84. The lowest BCUT2D eigenvalue weighted by Gasteiger charge is -2.12. The number of aliphatic hydroxyl groups is 1. The number of aryl methyl sites for hydroxylation is 1. The smallest absolute Gasteiger partial charge is 0.0428 e. The fourth-order valence-electron chi connectivity index (χ4n) is 2.63. The highest BCUT2D eigenvalue weighted by molar-refractivity contribution is 6.28. The van der Waals surface area contributed by atoms with E-state index in [9.17, 15) is 0 Å². The molecule has 1 rings (SSSR count). The molecule has 0 radical (unpaired) electrons. The highest BCUT2D eigenvalue weighted by atomic mass is 35.5. The number of aliphatic hydroxyl groups excluding tert-OH is 1. The number of halogens is 1. The molecule has 0 heterocycles. The topological polar surface area (TPSA) is 20.2 Å². The van der Waals surface area contributed by atoms with Crippen LogP contribution in [-0.2, 0) is 6.42 Å².